The summed E-state index contributed by atoms with van der Waals surface area (Å²) in [6.07, 6.45) is 0.424. The number of amides is 2. The number of carbonyl (C=O) groups excluding carboxylic acids is 2. The van der Waals surface area contributed by atoms with Crippen LogP contribution in [0.25, 0.3) is 0 Å². The predicted octanol–water partition coefficient (Wildman–Crippen LogP) is 4.14. The molecule has 2 aromatic carbocycles. The van der Waals surface area contributed by atoms with Crippen molar-refractivity contribution in [2.75, 3.05) is 11.1 Å². The molecule has 0 bridgehead atoms. The fourth-order valence-electron chi connectivity index (χ4n) is 2.18. The van der Waals surface area contributed by atoms with E-state index in [0.29, 0.717) is 11.3 Å². The third-order valence-corrected chi connectivity index (χ3v) is 4.64. The number of carbonyl (C=O) groups is 2. The highest BCUT2D eigenvalue weighted by atomic mass is 32.2. The number of hydrogen-bond acceptors (Lipinski definition) is 3. The molecule has 1 unspecified atom stereocenters. The first-order valence-electron chi connectivity index (χ1n) is 8.06. The van der Waals surface area contributed by atoms with Gasteiger partial charge in [0.1, 0.15) is 5.82 Å². The van der Waals surface area contributed by atoms with Crippen LogP contribution in [-0.4, -0.2) is 17.6 Å². The van der Waals surface area contributed by atoms with Crippen LogP contribution in [0.2, 0.25) is 0 Å². The van der Waals surface area contributed by atoms with Gasteiger partial charge in [0.2, 0.25) is 11.8 Å². The zero-order chi connectivity index (χ0) is 18.2. The van der Waals surface area contributed by atoms with Crippen molar-refractivity contribution in [1.82, 2.24) is 5.32 Å². The first kappa shape index (κ1) is 19.0. The van der Waals surface area contributed by atoms with Crippen molar-refractivity contribution in [2.45, 2.75) is 31.2 Å². The Kier molecular flexibility index (Phi) is 7.01. The van der Waals surface area contributed by atoms with E-state index in [-0.39, 0.29) is 29.4 Å². The molecular formula is C19H21FN2O2S. The van der Waals surface area contributed by atoms with Crippen LogP contribution in [0.1, 0.15) is 31.9 Å². The minimum absolute atomic E-state index is 0.0423. The number of rotatable bonds is 7. The Morgan fingerprint density at radius 1 is 1.08 bits per heavy atom. The van der Waals surface area contributed by atoms with Gasteiger partial charge in [0.25, 0.3) is 0 Å². The summed E-state index contributed by atoms with van der Waals surface area (Å²) in [7, 11) is 0. The van der Waals surface area contributed by atoms with E-state index in [1.165, 1.54) is 17.8 Å². The summed E-state index contributed by atoms with van der Waals surface area (Å²) in [5.74, 6) is -0.378. The molecule has 0 aliphatic heterocycles. The Morgan fingerprint density at radius 2 is 1.76 bits per heavy atom. The van der Waals surface area contributed by atoms with Gasteiger partial charge in [-0.05, 0) is 36.8 Å². The van der Waals surface area contributed by atoms with Crippen LogP contribution < -0.4 is 10.6 Å². The van der Waals surface area contributed by atoms with Gasteiger partial charge in [0.05, 0.1) is 11.8 Å². The molecule has 25 heavy (non-hydrogen) atoms. The molecule has 1 atom stereocenters. The quantitative estimate of drug-likeness (QED) is 0.730. The number of hydrogen-bond donors (Lipinski definition) is 2. The van der Waals surface area contributed by atoms with E-state index >= 15 is 0 Å². The number of anilines is 1. The van der Waals surface area contributed by atoms with Crippen LogP contribution in [-0.2, 0) is 9.59 Å². The van der Waals surface area contributed by atoms with Gasteiger partial charge in [-0.3, -0.25) is 9.59 Å². The molecule has 0 radical (unpaired) electrons. The van der Waals surface area contributed by atoms with Crippen LogP contribution >= 0.6 is 11.8 Å². The monoisotopic (exact) mass is 360 g/mol. The van der Waals surface area contributed by atoms with Crippen molar-refractivity contribution in [3.05, 3.63) is 59.9 Å². The van der Waals surface area contributed by atoms with Crippen molar-refractivity contribution in [3.8, 4) is 0 Å². The summed E-state index contributed by atoms with van der Waals surface area (Å²) in [4.78, 5) is 23.9. The third-order valence-electron chi connectivity index (χ3n) is 3.59. The topological polar surface area (TPSA) is 58.2 Å². The first-order chi connectivity index (χ1) is 12.0. The molecule has 0 aromatic heterocycles. The summed E-state index contributed by atoms with van der Waals surface area (Å²) in [6, 6.07) is 13.5. The first-order valence-corrected chi connectivity index (χ1v) is 9.04. The molecule has 0 heterocycles. The third kappa shape index (κ3) is 5.90. The molecule has 2 amide bonds. The Balaban J connectivity index is 1.86. The summed E-state index contributed by atoms with van der Waals surface area (Å²) >= 11 is 1.17. The van der Waals surface area contributed by atoms with Crippen LogP contribution in [0, 0.1) is 5.82 Å². The Labute approximate surface area is 151 Å². The summed E-state index contributed by atoms with van der Waals surface area (Å²) in [6.45, 7) is 3.67. The molecule has 132 valence electrons. The van der Waals surface area contributed by atoms with Gasteiger partial charge in [-0.15, -0.1) is 11.8 Å². The lowest BCUT2D eigenvalue weighted by molar-refractivity contribution is -0.119. The highest BCUT2D eigenvalue weighted by Gasteiger charge is 2.11. The molecule has 6 heteroatoms. The number of halogens is 1. The molecule has 2 N–H and O–H groups in total. The largest absolute Gasteiger partial charge is 0.349 e. The normalized spacial score (nSPS) is 11.6. The van der Waals surface area contributed by atoms with E-state index in [1.807, 2.05) is 19.1 Å². The van der Waals surface area contributed by atoms with Gasteiger partial charge in [-0.25, -0.2) is 4.39 Å². The Hall–Kier alpha value is -2.34. The predicted molar refractivity (Wildman–Crippen MR) is 99.0 cm³/mol. The molecule has 0 saturated heterocycles. The molecule has 0 aliphatic carbocycles. The summed E-state index contributed by atoms with van der Waals surface area (Å²) in [5, 5.41) is 5.66. The maximum absolute atomic E-state index is 13.5. The molecule has 2 aromatic rings. The zero-order valence-electron chi connectivity index (χ0n) is 14.2. The smallest absolute Gasteiger partial charge is 0.230 e. The molecule has 0 fully saturated rings. The molecule has 0 spiro atoms. The fraction of sp³-hybridized carbons (Fsp3) is 0.263. The van der Waals surface area contributed by atoms with E-state index in [9.17, 15) is 14.0 Å². The number of benzene rings is 2. The summed E-state index contributed by atoms with van der Waals surface area (Å²) in [5.41, 5.74) is 1.66. The van der Waals surface area contributed by atoms with E-state index in [2.05, 4.69) is 10.6 Å². The average Bonchev–Trinajstić information content (AvgIpc) is 2.61. The second kappa shape index (κ2) is 9.22. The van der Waals surface area contributed by atoms with Gasteiger partial charge in [0, 0.05) is 17.0 Å². The van der Waals surface area contributed by atoms with E-state index in [4.69, 9.17) is 0 Å². The minimum atomic E-state index is -0.321. The average molecular weight is 360 g/mol. The number of nitrogens with one attached hydrogen (secondary N) is 2. The molecule has 4 nitrogen and oxygen atoms in total. The fourth-order valence-corrected chi connectivity index (χ4v) is 2.93. The maximum Gasteiger partial charge on any atom is 0.230 e. The Morgan fingerprint density at radius 3 is 2.40 bits per heavy atom. The van der Waals surface area contributed by atoms with E-state index in [0.717, 1.165) is 11.3 Å². The highest BCUT2D eigenvalue weighted by Crippen LogP contribution is 2.21. The van der Waals surface area contributed by atoms with E-state index in [1.54, 1.807) is 37.3 Å². The van der Waals surface area contributed by atoms with Crippen molar-refractivity contribution in [1.29, 1.82) is 0 Å². The van der Waals surface area contributed by atoms with Gasteiger partial charge in [0.15, 0.2) is 0 Å². The van der Waals surface area contributed by atoms with E-state index < -0.39 is 0 Å². The van der Waals surface area contributed by atoms with Crippen molar-refractivity contribution >= 4 is 29.3 Å². The van der Waals surface area contributed by atoms with Gasteiger partial charge in [-0.2, -0.15) is 0 Å². The second-order valence-electron chi connectivity index (χ2n) is 5.53. The number of thioether (sulfide) groups is 1. The summed E-state index contributed by atoms with van der Waals surface area (Å²) < 4.78 is 13.5. The maximum atomic E-state index is 13.5. The van der Waals surface area contributed by atoms with Gasteiger partial charge >= 0.3 is 0 Å². The van der Waals surface area contributed by atoms with Crippen molar-refractivity contribution in [2.24, 2.45) is 0 Å². The molecular weight excluding hydrogens is 339 g/mol. The van der Waals surface area contributed by atoms with Gasteiger partial charge < -0.3 is 10.6 Å². The van der Waals surface area contributed by atoms with Crippen molar-refractivity contribution < 1.29 is 14.0 Å². The van der Waals surface area contributed by atoms with Gasteiger partial charge in [-0.1, -0.05) is 31.2 Å². The minimum Gasteiger partial charge on any atom is -0.349 e. The van der Waals surface area contributed by atoms with Crippen LogP contribution in [0.3, 0.4) is 0 Å². The lowest BCUT2D eigenvalue weighted by atomic mass is 10.1. The molecule has 0 aliphatic rings. The van der Waals surface area contributed by atoms with Crippen molar-refractivity contribution in [3.63, 3.8) is 0 Å². The zero-order valence-corrected chi connectivity index (χ0v) is 15.0. The Bertz CT molecular complexity index is 734. The standard InChI is InChI=1S/C19H21FN2O2S/c1-3-18(23)22-15-10-8-14(9-11-15)13(2)21-19(24)12-25-17-7-5-4-6-16(17)20/h4-11,13H,3,12H2,1-2H3,(H,21,24)(H,22,23). The SMILES string of the molecule is CCC(=O)Nc1ccc(C(C)NC(=O)CSc2ccccc2F)cc1. The van der Waals surface area contributed by atoms with Crippen LogP contribution in [0.15, 0.2) is 53.4 Å². The molecule has 2 rings (SSSR count). The second-order valence-corrected chi connectivity index (χ2v) is 6.55. The lowest BCUT2D eigenvalue weighted by Crippen LogP contribution is -2.28. The van der Waals surface area contributed by atoms with Crippen LogP contribution in [0.5, 0.6) is 0 Å². The lowest BCUT2D eigenvalue weighted by Gasteiger charge is -2.15. The molecule has 0 saturated carbocycles. The van der Waals surface area contributed by atoms with Crippen LogP contribution in [0.4, 0.5) is 10.1 Å². The highest BCUT2D eigenvalue weighted by molar-refractivity contribution is 8.00.